The molecule has 9 nitrogen and oxygen atoms in total. The fraction of sp³-hybridized carbons (Fsp3) is 0.211. The average Bonchev–Trinajstić information content (AvgIpc) is 3.17. The van der Waals surface area contributed by atoms with Crippen molar-refractivity contribution in [1.82, 2.24) is 15.8 Å². The Bertz CT molecular complexity index is 855. The molecule has 2 aromatic heterocycles. The quantitative estimate of drug-likeness (QED) is 0.257. The summed E-state index contributed by atoms with van der Waals surface area (Å²) in [4.78, 5) is 27.7. The van der Waals surface area contributed by atoms with Crippen molar-refractivity contribution >= 4 is 24.0 Å². The van der Waals surface area contributed by atoms with Gasteiger partial charge in [-0.1, -0.05) is 12.2 Å². The van der Waals surface area contributed by atoms with Gasteiger partial charge >= 0.3 is 0 Å². The lowest BCUT2D eigenvalue weighted by Gasteiger charge is -2.19. The van der Waals surface area contributed by atoms with E-state index >= 15 is 0 Å². The second kappa shape index (κ2) is 10.2. The van der Waals surface area contributed by atoms with Crippen molar-refractivity contribution < 1.29 is 29.4 Å². The van der Waals surface area contributed by atoms with Gasteiger partial charge in [-0.05, 0) is 43.3 Å². The molecule has 0 fully saturated rings. The Labute approximate surface area is 161 Å². The number of aliphatic hydroxyl groups is 2. The number of carbonyl (C=O) groups excluding carboxylic acids is 2. The van der Waals surface area contributed by atoms with Crippen LogP contribution in [0.1, 0.15) is 34.5 Å². The predicted octanol–water partition coefficient (Wildman–Crippen LogP) is 0.878. The van der Waals surface area contributed by atoms with E-state index in [-0.39, 0.29) is 12.2 Å². The molecule has 0 aliphatic rings. The molecule has 0 spiro atoms. The fourth-order valence-corrected chi connectivity index (χ4v) is 2.21. The molecule has 0 radical (unpaired) electrons. The molecule has 0 unspecified atom stereocenters. The SMILES string of the molecule is C[C@@H](O)[C@H](NC(=O)c1ccc(/C=C/C=C/c2ccc(CO)o2)nc1)C(=O)NO. The van der Waals surface area contributed by atoms with Crippen LogP contribution in [-0.2, 0) is 11.4 Å². The van der Waals surface area contributed by atoms with Crippen LogP contribution in [-0.4, -0.2) is 44.4 Å². The number of carbonyl (C=O) groups is 2. The van der Waals surface area contributed by atoms with Gasteiger partial charge in [-0.3, -0.25) is 19.8 Å². The summed E-state index contributed by atoms with van der Waals surface area (Å²) in [5.41, 5.74) is 2.18. The first-order valence-electron chi connectivity index (χ1n) is 8.38. The summed E-state index contributed by atoms with van der Waals surface area (Å²) in [6.45, 7) is 1.16. The third-order valence-corrected chi connectivity index (χ3v) is 3.69. The van der Waals surface area contributed by atoms with Gasteiger partial charge in [0.2, 0.25) is 0 Å². The third kappa shape index (κ3) is 5.88. The Balaban J connectivity index is 1.96. The summed E-state index contributed by atoms with van der Waals surface area (Å²) in [6.07, 6.45) is 7.04. The molecule has 2 amide bonds. The maximum Gasteiger partial charge on any atom is 0.268 e. The molecule has 0 aliphatic carbocycles. The number of furan rings is 1. The van der Waals surface area contributed by atoms with Gasteiger partial charge in [0.05, 0.1) is 17.4 Å². The van der Waals surface area contributed by atoms with Gasteiger partial charge in [-0.25, -0.2) is 5.48 Å². The first-order valence-corrected chi connectivity index (χ1v) is 8.38. The first kappa shape index (κ1) is 21.0. The van der Waals surface area contributed by atoms with E-state index in [1.165, 1.54) is 24.7 Å². The van der Waals surface area contributed by atoms with E-state index in [1.807, 2.05) is 0 Å². The molecule has 148 valence electrons. The van der Waals surface area contributed by atoms with Crippen molar-refractivity contribution in [2.75, 3.05) is 0 Å². The Kier molecular flexibility index (Phi) is 7.64. The molecule has 0 aromatic carbocycles. The number of aromatic nitrogens is 1. The standard InChI is InChI=1S/C19H21N3O6/c1-12(24)17(19(26)22-27)21-18(25)13-6-7-14(20-10-13)4-2-3-5-15-8-9-16(11-23)28-15/h2-10,12,17,23-24,27H,11H2,1H3,(H,21,25)(H,22,26)/b4-2+,5-3+/t12-,17+/m1/s1. The zero-order valence-electron chi connectivity index (χ0n) is 15.1. The molecular formula is C19H21N3O6. The minimum atomic E-state index is -1.30. The highest BCUT2D eigenvalue weighted by Crippen LogP contribution is 2.10. The van der Waals surface area contributed by atoms with Crippen molar-refractivity contribution in [3.8, 4) is 0 Å². The topological polar surface area (TPSA) is 145 Å². The molecule has 2 rings (SSSR count). The summed E-state index contributed by atoms with van der Waals surface area (Å²) in [5.74, 6) is -0.457. The maximum absolute atomic E-state index is 12.2. The number of rotatable bonds is 8. The number of hydrogen-bond acceptors (Lipinski definition) is 7. The molecule has 0 bridgehead atoms. The number of nitrogens with zero attached hydrogens (tertiary/aromatic N) is 1. The van der Waals surface area contributed by atoms with Crippen molar-refractivity contribution in [2.45, 2.75) is 25.7 Å². The van der Waals surface area contributed by atoms with Crippen LogP contribution >= 0.6 is 0 Å². The second-order valence-electron chi connectivity index (χ2n) is 5.82. The largest absolute Gasteiger partial charge is 0.459 e. The summed E-state index contributed by atoms with van der Waals surface area (Å²) >= 11 is 0. The van der Waals surface area contributed by atoms with Crippen molar-refractivity contribution in [1.29, 1.82) is 0 Å². The van der Waals surface area contributed by atoms with Gasteiger partial charge < -0.3 is 19.9 Å². The van der Waals surface area contributed by atoms with E-state index in [0.29, 0.717) is 17.2 Å². The molecule has 2 aromatic rings. The van der Waals surface area contributed by atoms with Crippen LogP contribution in [0.15, 0.2) is 47.0 Å². The van der Waals surface area contributed by atoms with Gasteiger partial charge in [-0.2, -0.15) is 0 Å². The van der Waals surface area contributed by atoms with E-state index in [4.69, 9.17) is 14.7 Å². The lowest BCUT2D eigenvalue weighted by atomic mass is 10.1. The number of hydroxylamine groups is 1. The van der Waals surface area contributed by atoms with Crippen LogP contribution < -0.4 is 10.8 Å². The van der Waals surface area contributed by atoms with Crippen LogP contribution in [0, 0.1) is 0 Å². The number of hydrogen-bond donors (Lipinski definition) is 5. The van der Waals surface area contributed by atoms with Crippen LogP contribution in [0.25, 0.3) is 12.2 Å². The van der Waals surface area contributed by atoms with Crippen LogP contribution in [0.5, 0.6) is 0 Å². The van der Waals surface area contributed by atoms with Gasteiger partial charge in [0.25, 0.3) is 11.8 Å². The molecule has 2 heterocycles. The van der Waals surface area contributed by atoms with Crippen molar-refractivity contribution in [3.05, 3.63) is 65.4 Å². The monoisotopic (exact) mass is 387 g/mol. The van der Waals surface area contributed by atoms with Gasteiger partial charge in [0, 0.05) is 6.20 Å². The summed E-state index contributed by atoms with van der Waals surface area (Å²) in [5, 5.41) is 29.5. The highest BCUT2D eigenvalue weighted by atomic mass is 16.5. The van der Waals surface area contributed by atoms with Crippen LogP contribution in [0.2, 0.25) is 0 Å². The first-order chi connectivity index (χ1) is 13.4. The van der Waals surface area contributed by atoms with Crippen molar-refractivity contribution in [2.24, 2.45) is 0 Å². The lowest BCUT2D eigenvalue weighted by molar-refractivity contribution is -0.133. The summed E-state index contributed by atoms with van der Waals surface area (Å²) in [6, 6.07) is 5.25. The number of pyridine rings is 1. The molecule has 2 atom stereocenters. The second-order valence-corrected chi connectivity index (χ2v) is 5.82. The minimum absolute atomic E-state index is 0.157. The lowest BCUT2D eigenvalue weighted by Crippen LogP contribution is -2.51. The molecule has 0 aliphatic heterocycles. The van der Waals surface area contributed by atoms with Gasteiger partial charge in [0.1, 0.15) is 24.2 Å². The molecule has 0 saturated heterocycles. The summed E-state index contributed by atoms with van der Waals surface area (Å²) < 4.78 is 5.31. The van der Waals surface area contributed by atoms with E-state index in [9.17, 15) is 14.7 Å². The highest BCUT2D eigenvalue weighted by molar-refractivity contribution is 5.97. The van der Waals surface area contributed by atoms with Crippen LogP contribution in [0.3, 0.4) is 0 Å². The Morgan fingerprint density at radius 1 is 1.21 bits per heavy atom. The van der Waals surface area contributed by atoms with Crippen molar-refractivity contribution in [3.63, 3.8) is 0 Å². The fourth-order valence-electron chi connectivity index (χ4n) is 2.21. The molecular weight excluding hydrogens is 366 g/mol. The molecule has 9 heteroatoms. The Hall–Kier alpha value is -3.27. The molecule has 5 N–H and O–H groups in total. The number of allylic oxidation sites excluding steroid dienone is 2. The Morgan fingerprint density at radius 2 is 1.96 bits per heavy atom. The van der Waals surface area contributed by atoms with E-state index in [2.05, 4.69) is 10.3 Å². The van der Waals surface area contributed by atoms with Gasteiger partial charge in [0.15, 0.2) is 0 Å². The zero-order valence-corrected chi connectivity index (χ0v) is 15.1. The normalized spacial score (nSPS) is 13.6. The molecule has 28 heavy (non-hydrogen) atoms. The average molecular weight is 387 g/mol. The van der Waals surface area contributed by atoms with E-state index in [1.54, 1.807) is 42.5 Å². The zero-order chi connectivity index (χ0) is 20.5. The number of aliphatic hydroxyl groups excluding tert-OH is 2. The number of nitrogens with one attached hydrogen (secondary N) is 2. The third-order valence-electron chi connectivity index (χ3n) is 3.69. The Morgan fingerprint density at radius 3 is 2.54 bits per heavy atom. The van der Waals surface area contributed by atoms with Gasteiger partial charge in [-0.15, -0.1) is 0 Å². The van der Waals surface area contributed by atoms with E-state index in [0.717, 1.165) is 0 Å². The smallest absolute Gasteiger partial charge is 0.268 e. The molecule has 0 saturated carbocycles. The van der Waals surface area contributed by atoms with E-state index < -0.39 is 24.0 Å². The van der Waals surface area contributed by atoms with Crippen LogP contribution in [0.4, 0.5) is 0 Å². The predicted molar refractivity (Wildman–Crippen MR) is 99.8 cm³/mol. The maximum atomic E-state index is 12.2. The minimum Gasteiger partial charge on any atom is -0.459 e. The summed E-state index contributed by atoms with van der Waals surface area (Å²) in [7, 11) is 0. The highest BCUT2D eigenvalue weighted by Gasteiger charge is 2.25. The number of amides is 2.